The molecule has 1 aliphatic rings. The van der Waals surface area contributed by atoms with Crippen molar-refractivity contribution in [2.75, 3.05) is 0 Å². The van der Waals surface area contributed by atoms with Crippen LogP contribution in [0.2, 0.25) is 0 Å². The highest BCUT2D eigenvalue weighted by Gasteiger charge is 2.29. The molecular weight excluding hydrogens is 256 g/mol. The molecule has 4 rings (SSSR count). The average Bonchev–Trinajstić information content (AvgIpc) is 2.97. The lowest BCUT2D eigenvalue weighted by Crippen LogP contribution is -2.31. The Kier molecular flexibility index (Phi) is 2.55. The van der Waals surface area contributed by atoms with Crippen molar-refractivity contribution in [3.05, 3.63) is 71.0 Å². The Hall–Kier alpha value is -2.35. The van der Waals surface area contributed by atoms with Crippen molar-refractivity contribution in [3.8, 4) is 17.1 Å². The second kappa shape index (κ2) is 4.32. The highest BCUT2D eigenvalue weighted by atomic mass is 15.1. The first-order valence-corrected chi connectivity index (χ1v) is 7.42. The molecular formula is C19H19N2+. The van der Waals surface area contributed by atoms with Gasteiger partial charge in [-0.3, -0.25) is 0 Å². The summed E-state index contributed by atoms with van der Waals surface area (Å²) in [7, 11) is 0. The Morgan fingerprint density at radius 2 is 1.76 bits per heavy atom. The third kappa shape index (κ3) is 1.75. The zero-order valence-corrected chi connectivity index (χ0v) is 12.7. The molecule has 3 heterocycles. The van der Waals surface area contributed by atoms with Gasteiger partial charge in [0, 0.05) is 23.9 Å². The standard InChI is InChI=1S/C19H19N2/c1-13-10-14(2)18(15(3)11-13)21-9-7-16-12-20-8-5-4-6-17(20)19(16)21/h4-11H,12H2,1-3H3/q+1. The second-order valence-corrected chi connectivity index (χ2v) is 6.02. The molecule has 0 radical (unpaired) electrons. The number of benzene rings is 1. The summed E-state index contributed by atoms with van der Waals surface area (Å²) in [6, 6.07) is 13.2. The number of pyridine rings is 1. The van der Waals surface area contributed by atoms with Gasteiger partial charge in [-0.2, -0.15) is 4.57 Å². The van der Waals surface area contributed by atoms with E-state index in [1.165, 1.54) is 39.3 Å². The number of aromatic nitrogens is 2. The van der Waals surface area contributed by atoms with Gasteiger partial charge in [-0.05, 0) is 44.0 Å². The number of aryl methyl sites for hydroxylation is 3. The van der Waals surface area contributed by atoms with E-state index in [-0.39, 0.29) is 0 Å². The van der Waals surface area contributed by atoms with Crippen LogP contribution < -0.4 is 4.57 Å². The monoisotopic (exact) mass is 275 g/mol. The molecule has 0 N–H and O–H groups in total. The predicted octanol–water partition coefficient (Wildman–Crippen LogP) is 3.72. The van der Waals surface area contributed by atoms with Gasteiger partial charge in [0.2, 0.25) is 5.69 Å². The normalized spacial score (nSPS) is 12.3. The molecule has 21 heavy (non-hydrogen) atoms. The van der Waals surface area contributed by atoms with Crippen molar-refractivity contribution in [2.45, 2.75) is 27.3 Å². The van der Waals surface area contributed by atoms with Crippen LogP contribution in [-0.4, -0.2) is 4.57 Å². The highest BCUT2D eigenvalue weighted by Crippen LogP contribution is 2.32. The van der Waals surface area contributed by atoms with E-state index in [4.69, 9.17) is 0 Å². The van der Waals surface area contributed by atoms with E-state index in [2.05, 4.69) is 78.7 Å². The maximum Gasteiger partial charge on any atom is 0.230 e. The van der Waals surface area contributed by atoms with Crippen molar-refractivity contribution in [1.82, 2.24) is 4.57 Å². The molecule has 0 bridgehead atoms. The second-order valence-electron chi connectivity index (χ2n) is 6.02. The van der Waals surface area contributed by atoms with Gasteiger partial charge in [-0.25, -0.2) is 0 Å². The van der Waals surface area contributed by atoms with Crippen molar-refractivity contribution < 1.29 is 4.57 Å². The fourth-order valence-electron chi connectivity index (χ4n) is 3.64. The predicted molar refractivity (Wildman–Crippen MR) is 84.7 cm³/mol. The zero-order chi connectivity index (χ0) is 14.6. The van der Waals surface area contributed by atoms with Crippen molar-refractivity contribution >= 4 is 0 Å². The van der Waals surface area contributed by atoms with Crippen molar-refractivity contribution in [1.29, 1.82) is 0 Å². The fraction of sp³-hybridized carbons (Fsp3) is 0.211. The van der Waals surface area contributed by atoms with Gasteiger partial charge < -0.3 is 4.57 Å². The smallest absolute Gasteiger partial charge is 0.230 e. The molecule has 3 aromatic rings. The lowest BCUT2D eigenvalue weighted by Gasteiger charge is -2.14. The molecule has 2 aromatic heterocycles. The molecule has 0 saturated carbocycles. The number of hydrogen-bond acceptors (Lipinski definition) is 0. The molecule has 0 fully saturated rings. The largest absolute Gasteiger partial charge is 0.310 e. The molecule has 1 aromatic carbocycles. The van der Waals surface area contributed by atoms with Gasteiger partial charge in [0.25, 0.3) is 0 Å². The number of fused-ring (bicyclic) bond motifs is 3. The number of hydrogen-bond donors (Lipinski definition) is 0. The van der Waals surface area contributed by atoms with Crippen LogP contribution in [0.15, 0.2) is 48.8 Å². The molecule has 2 heteroatoms. The van der Waals surface area contributed by atoms with E-state index in [1.807, 2.05) is 0 Å². The summed E-state index contributed by atoms with van der Waals surface area (Å²) in [5, 5.41) is 0. The first kappa shape index (κ1) is 12.4. The van der Waals surface area contributed by atoms with Crippen LogP contribution in [0.1, 0.15) is 22.3 Å². The van der Waals surface area contributed by atoms with Crippen LogP contribution in [0.5, 0.6) is 0 Å². The first-order valence-electron chi connectivity index (χ1n) is 7.42. The lowest BCUT2D eigenvalue weighted by molar-refractivity contribution is -0.672. The zero-order valence-electron chi connectivity index (χ0n) is 12.7. The van der Waals surface area contributed by atoms with E-state index >= 15 is 0 Å². The van der Waals surface area contributed by atoms with Gasteiger partial charge in [0.05, 0.1) is 5.69 Å². The summed E-state index contributed by atoms with van der Waals surface area (Å²) in [6.07, 6.45) is 4.38. The molecule has 2 nitrogen and oxygen atoms in total. The van der Waals surface area contributed by atoms with Crippen LogP contribution in [0, 0.1) is 20.8 Å². The molecule has 0 atom stereocenters. The van der Waals surface area contributed by atoms with Crippen LogP contribution in [0.25, 0.3) is 17.1 Å². The third-order valence-electron chi connectivity index (χ3n) is 4.37. The summed E-state index contributed by atoms with van der Waals surface area (Å²) in [4.78, 5) is 0. The van der Waals surface area contributed by atoms with Gasteiger partial charge in [0.15, 0.2) is 12.7 Å². The highest BCUT2D eigenvalue weighted by molar-refractivity contribution is 5.65. The SMILES string of the molecule is Cc1cc(C)c(-n2ccc3c2-c2cccc[n+]2C3)c(C)c1. The van der Waals surface area contributed by atoms with E-state index in [9.17, 15) is 0 Å². The molecule has 104 valence electrons. The van der Waals surface area contributed by atoms with Gasteiger partial charge in [-0.15, -0.1) is 0 Å². The first-order chi connectivity index (χ1) is 10.1. The van der Waals surface area contributed by atoms with E-state index in [0.717, 1.165) is 6.54 Å². The molecule has 0 aliphatic carbocycles. The Balaban J connectivity index is 1.99. The molecule has 1 aliphatic heterocycles. The van der Waals surface area contributed by atoms with Gasteiger partial charge in [0.1, 0.15) is 5.69 Å². The summed E-state index contributed by atoms with van der Waals surface area (Å²) in [6.45, 7) is 7.54. The summed E-state index contributed by atoms with van der Waals surface area (Å²) in [5.74, 6) is 0. The topological polar surface area (TPSA) is 8.81 Å². The Morgan fingerprint density at radius 3 is 2.52 bits per heavy atom. The quantitative estimate of drug-likeness (QED) is 0.468. The summed E-state index contributed by atoms with van der Waals surface area (Å²) in [5.41, 5.74) is 9.36. The minimum atomic E-state index is 0.975. The Bertz CT molecular complexity index is 833. The fourth-order valence-corrected chi connectivity index (χ4v) is 3.64. The van der Waals surface area contributed by atoms with E-state index in [0.29, 0.717) is 0 Å². The van der Waals surface area contributed by atoms with Crippen molar-refractivity contribution in [3.63, 3.8) is 0 Å². The number of rotatable bonds is 1. The van der Waals surface area contributed by atoms with Crippen LogP contribution >= 0.6 is 0 Å². The Morgan fingerprint density at radius 1 is 1.00 bits per heavy atom. The maximum atomic E-state index is 2.36. The maximum absolute atomic E-state index is 2.36. The minimum absolute atomic E-state index is 0.975. The van der Waals surface area contributed by atoms with Crippen LogP contribution in [0.4, 0.5) is 0 Å². The molecule has 0 spiro atoms. The van der Waals surface area contributed by atoms with Crippen LogP contribution in [0.3, 0.4) is 0 Å². The van der Waals surface area contributed by atoms with E-state index in [1.54, 1.807) is 0 Å². The van der Waals surface area contributed by atoms with E-state index < -0.39 is 0 Å². The molecule has 0 unspecified atom stereocenters. The summed E-state index contributed by atoms with van der Waals surface area (Å²) >= 11 is 0. The van der Waals surface area contributed by atoms with Gasteiger partial charge in [-0.1, -0.05) is 17.7 Å². The molecule has 0 saturated heterocycles. The number of nitrogens with zero attached hydrogens (tertiary/aromatic N) is 2. The summed E-state index contributed by atoms with van der Waals surface area (Å²) < 4.78 is 4.68. The average molecular weight is 275 g/mol. The van der Waals surface area contributed by atoms with Crippen LogP contribution in [-0.2, 0) is 6.54 Å². The molecule has 0 amide bonds. The Labute approximate surface area is 125 Å². The lowest BCUT2D eigenvalue weighted by atomic mass is 10.0. The van der Waals surface area contributed by atoms with Crippen molar-refractivity contribution in [2.24, 2.45) is 0 Å². The third-order valence-corrected chi connectivity index (χ3v) is 4.37. The minimum Gasteiger partial charge on any atom is -0.310 e. The van der Waals surface area contributed by atoms with Gasteiger partial charge >= 0.3 is 0 Å².